The van der Waals surface area contributed by atoms with Gasteiger partial charge in [-0.15, -0.1) is 0 Å². The number of anilines is 1. The van der Waals surface area contributed by atoms with E-state index in [0.29, 0.717) is 11.3 Å². The van der Waals surface area contributed by atoms with Gasteiger partial charge >= 0.3 is 6.18 Å². The van der Waals surface area contributed by atoms with Gasteiger partial charge in [-0.3, -0.25) is 4.79 Å². The molecule has 0 aliphatic carbocycles. The molecule has 0 spiro atoms. The Hall–Kier alpha value is -2.30. The summed E-state index contributed by atoms with van der Waals surface area (Å²) in [4.78, 5) is 12.1. The van der Waals surface area contributed by atoms with Gasteiger partial charge in [0.15, 0.2) is 0 Å². The summed E-state index contributed by atoms with van der Waals surface area (Å²) in [5.74, 6) is -0.341. The molecule has 0 fully saturated rings. The number of rotatable bonds is 2. The van der Waals surface area contributed by atoms with Gasteiger partial charge < -0.3 is 5.32 Å². The van der Waals surface area contributed by atoms with Crippen LogP contribution in [0.25, 0.3) is 0 Å². The first-order valence-electron chi connectivity index (χ1n) is 6.33. The second-order valence-corrected chi connectivity index (χ2v) is 4.85. The second kappa shape index (κ2) is 5.60. The van der Waals surface area contributed by atoms with Crippen molar-refractivity contribution in [2.45, 2.75) is 20.0 Å². The number of hydrogen-bond acceptors (Lipinski definition) is 1. The van der Waals surface area contributed by atoms with Gasteiger partial charge in [0, 0.05) is 11.3 Å². The first-order valence-corrected chi connectivity index (χ1v) is 6.33. The Balaban J connectivity index is 2.16. The fourth-order valence-corrected chi connectivity index (χ4v) is 2.01. The Labute approximate surface area is 120 Å². The average molecular weight is 293 g/mol. The molecule has 0 heterocycles. The topological polar surface area (TPSA) is 29.1 Å². The molecule has 1 amide bonds. The number of nitrogens with one attached hydrogen (secondary N) is 1. The molecule has 0 aliphatic rings. The van der Waals surface area contributed by atoms with Gasteiger partial charge in [-0.1, -0.05) is 17.7 Å². The highest BCUT2D eigenvalue weighted by atomic mass is 19.4. The van der Waals surface area contributed by atoms with Crippen LogP contribution in [-0.4, -0.2) is 5.91 Å². The van der Waals surface area contributed by atoms with E-state index in [1.54, 1.807) is 6.07 Å². The van der Waals surface area contributed by atoms with Gasteiger partial charge in [-0.05, 0) is 49.7 Å². The molecule has 2 nitrogen and oxygen atoms in total. The molecular weight excluding hydrogens is 279 g/mol. The van der Waals surface area contributed by atoms with Gasteiger partial charge in [-0.25, -0.2) is 0 Å². The van der Waals surface area contributed by atoms with Gasteiger partial charge in [0.1, 0.15) is 0 Å². The molecule has 0 saturated heterocycles. The number of amides is 1. The van der Waals surface area contributed by atoms with Crippen LogP contribution in [-0.2, 0) is 6.18 Å². The van der Waals surface area contributed by atoms with Crippen LogP contribution in [0.4, 0.5) is 18.9 Å². The highest BCUT2D eigenvalue weighted by Gasteiger charge is 2.30. The van der Waals surface area contributed by atoms with E-state index in [1.807, 2.05) is 26.0 Å². The van der Waals surface area contributed by atoms with Gasteiger partial charge in [-0.2, -0.15) is 13.2 Å². The lowest BCUT2D eigenvalue weighted by molar-refractivity contribution is -0.137. The SMILES string of the molecule is Cc1ccc(C(=O)Nc2ccc(C(F)(F)F)cc2)c(C)c1. The molecule has 0 unspecified atom stereocenters. The predicted octanol–water partition coefficient (Wildman–Crippen LogP) is 4.57. The van der Waals surface area contributed by atoms with Crippen LogP contribution < -0.4 is 5.32 Å². The summed E-state index contributed by atoms with van der Waals surface area (Å²) in [5.41, 5.74) is 1.94. The summed E-state index contributed by atoms with van der Waals surface area (Å²) in [6, 6.07) is 9.75. The molecular formula is C16H14F3NO. The highest BCUT2D eigenvalue weighted by molar-refractivity contribution is 6.05. The zero-order chi connectivity index (χ0) is 15.6. The molecule has 0 atom stereocenters. The number of carbonyl (C=O) groups excluding carboxylic acids is 1. The van der Waals surface area contributed by atoms with E-state index in [-0.39, 0.29) is 5.91 Å². The van der Waals surface area contributed by atoms with Crippen LogP contribution in [0.2, 0.25) is 0 Å². The van der Waals surface area contributed by atoms with Gasteiger partial charge in [0.05, 0.1) is 5.56 Å². The third-order valence-electron chi connectivity index (χ3n) is 3.10. The van der Waals surface area contributed by atoms with E-state index < -0.39 is 11.7 Å². The fraction of sp³-hybridized carbons (Fsp3) is 0.188. The summed E-state index contributed by atoms with van der Waals surface area (Å²) in [5, 5.41) is 2.59. The molecule has 2 aromatic rings. The van der Waals surface area contributed by atoms with E-state index in [4.69, 9.17) is 0 Å². The first kappa shape index (κ1) is 15.1. The molecule has 0 saturated carbocycles. The Morgan fingerprint density at radius 3 is 2.14 bits per heavy atom. The predicted molar refractivity (Wildman–Crippen MR) is 75.3 cm³/mol. The third kappa shape index (κ3) is 3.62. The van der Waals surface area contributed by atoms with E-state index in [1.165, 1.54) is 12.1 Å². The minimum atomic E-state index is -4.38. The summed E-state index contributed by atoms with van der Waals surface area (Å²) in [6.07, 6.45) is -4.38. The molecule has 110 valence electrons. The highest BCUT2D eigenvalue weighted by Crippen LogP contribution is 2.29. The van der Waals surface area contributed by atoms with E-state index >= 15 is 0 Å². The van der Waals surface area contributed by atoms with Crippen LogP contribution in [0.5, 0.6) is 0 Å². The van der Waals surface area contributed by atoms with Crippen molar-refractivity contribution in [3.63, 3.8) is 0 Å². The molecule has 2 rings (SSSR count). The standard InChI is InChI=1S/C16H14F3NO/c1-10-3-8-14(11(2)9-10)15(21)20-13-6-4-12(5-7-13)16(17,18)19/h3-9H,1-2H3,(H,20,21). The molecule has 2 aromatic carbocycles. The van der Waals surface area contributed by atoms with Crippen LogP contribution in [0.15, 0.2) is 42.5 Å². The third-order valence-corrected chi connectivity index (χ3v) is 3.10. The first-order chi connectivity index (χ1) is 9.77. The lowest BCUT2D eigenvalue weighted by Crippen LogP contribution is -2.13. The zero-order valence-electron chi connectivity index (χ0n) is 11.6. The lowest BCUT2D eigenvalue weighted by Gasteiger charge is -2.10. The molecule has 0 radical (unpaired) electrons. The van der Waals surface area contributed by atoms with Crippen molar-refractivity contribution in [2.75, 3.05) is 5.32 Å². The second-order valence-electron chi connectivity index (χ2n) is 4.85. The zero-order valence-corrected chi connectivity index (χ0v) is 11.6. The largest absolute Gasteiger partial charge is 0.416 e. The van der Waals surface area contributed by atoms with Crippen molar-refractivity contribution < 1.29 is 18.0 Å². The maximum Gasteiger partial charge on any atom is 0.416 e. The summed E-state index contributed by atoms with van der Waals surface area (Å²) >= 11 is 0. The number of aryl methyl sites for hydroxylation is 2. The normalized spacial score (nSPS) is 11.3. The van der Waals surface area contributed by atoms with E-state index in [2.05, 4.69) is 5.32 Å². The number of hydrogen-bond donors (Lipinski definition) is 1. The molecule has 0 bridgehead atoms. The minimum absolute atomic E-state index is 0.327. The van der Waals surface area contributed by atoms with Gasteiger partial charge in [0.25, 0.3) is 5.91 Å². The molecule has 0 aromatic heterocycles. The van der Waals surface area contributed by atoms with E-state index in [9.17, 15) is 18.0 Å². The van der Waals surface area contributed by atoms with Crippen molar-refractivity contribution >= 4 is 11.6 Å². The molecule has 1 N–H and O–H groups in total. The summed E-state index contributed by atoms with van der Waals surface area (Å²) in [6.45, 7) is 3.74. The lowest BCUT2D eigenvalue weighted by atomic mass is 10.1. The van der Waals surface area contributed by atoms with Crippen LogP contribution in [0, 0.1) is 13.8 Å². The minimum Gasteiger partial charge on any atom is -0.322 e. The molecule has 5 heteroatoms. The van der Waals surface area contributed by atoms with Crippen LogP contribution in [0.1, 0.15) is 27.0 Å². The van der Waals surface area contributed by atoms with Gasteiger partial charge in [0.2, 0.25) is 0 Å². The molecule has 21 heavy (non-hydrogen) atoms. The van der Waals surface area contributed by atoms with Crippen molar-refractivity contribution in [2.24, 2.45) is 0 Å². The van der Waals surface area contributed by atoms with Crippen molar-refractivity contribution in [3.8, 4) is 0 Å². The van der Waals surface area contributed by atoms with Crippen LogP contribution in [0.3, 0.4) is 0 Å². The quantitative estimate of drug-likeness (QED) is 0.863. The summed E-state index contributed by atoms with van der Waals surface area (Å²) in [7, 11) is 0. The smallest absolute Gasteiger partial charge is 0.322 e. The Bertz CT molecular complexity index is 660. The maximum atomic E-state index is 12.5. The van der Waals surface area contributed by atoms with Crippen molar-refractivity contribution in [1.82, 2.24) is 0 Å². The average Bonchev–Trinajstić information content (AvgIpc) is 2.38. The molecule has 0 aliphatic heterocycles. The summed E-state index contributed by atoms with van der Waals surface area (Å²) < 4.78 is 37.4. The fourth-order valence-electron chi connectivity index (χ4n) is 2.01. The number of alkyl halides is 3. The van der Waals surface area contributed by atoms with Crippen molar-refractivity contribution in [1.29, 1.82) is 0 Å². The van der Waals surface area contributed by atoms with Crippen LogP contribution >= 0.6 is 0 Å². The Kier molecular flexibility index (Phi) is 4.02. The Morgan fingerprint density at radius 1 is 1.00 bits per heavy atom. The van der Waals surface area contributed by atoms with Crippen molar-refractivity contribution in [3.05, 3.63) is 64.7 Å². The Morgan fingerprint density at radius 2 is 1.62 bits per heavy atom. The number of benzene rings is 2. The monoisotopic (exact) mass is 293 g/mol. The number of carbonyl (C=O) groups is 1. The maximum absolute atomic E-state index is 12.5. The van der Waals surface area contributed by atoms with E-state index in [0.717, 1.165) is 23.3 Å². The number of halogens is 3.